The molecular formula is C18H24ClN5O3S. The number of pyridine rings is 1. The average molecular weight is 426 g/mol. The van der Waals surface area contributed by atoms with Crippen LogP contribution in [0.25, 0.3) is 0 Å². The Labute approximate surface area is 173 Å². The number of carbonyl (C=O) groups is 1. The third-order valence-corrected chi connectivity index (χ3v) is 5.19. The molecule has 0 radical (unpaired) electrons. The minimum absolute atomic E-state index is 0.135. The molecule has 0 amide bonds. The second-order valence-corrected chi connectivity index (χ2v) is 7.13. The van der Waals surface area contributed by atoms with Crippen LogP contribution in [0.1, 0.15) is 40.3 Å². The van der Waals surface area contributed by atoms with E-state index in [9.17, 15) is 4.79 Å². The minimum atomic E-state index is -0.344. The Kier molecular flexibility index (Phi) is 8.46. The van der Waals surface area contributed by atoms with E-state index in [0.717, 1.165) is 5.01 Å². The van der Waals surface area contributed by atoms with E-state index in [1.165, 1.54) is 11.3 Å². The van der Waals surface area contributed by atoms with Gasteiger partial charge in [0, 0.05) is 13.2 Å². The number of hydrogen-bond acceptors (Lipinski definition) is 7. The number of carbonyl (C=O) groups excluding carboxylic acids is 1. The molecule has 2 rings (SSSR count). The normalized spacial score (nSPS) is 12.4. The number of thiazole rings is 1. The van der Waals surface area contributed by atoms with Crippen molar-refractivity contribution in [1.29, 1.82) is 0 Å². The van der Waals surface area contributed by atoms with Crippen LogP contribution in [-0.2, 0) is 4.74 Å². The Morgan fingerprint density at radius 1 is 1.46 bits per heavy atom. The number of rotatable bonds is 8. The van der Waals surface area contributed by atoms with Crippen molar-refractivity contribution in [2.75, 3.05) is 26.8 Å². The molecule has 10 heteroatoms. The highest BCUT2D eigenvalue weighted by molar-refractivity contribution is 7.13. The zero-order chi connectivity index (χ0) is 20.5. The van der Waals surface area contributed by atoms with Gasteiger partial charge in [0.15, 0.2) is 5.96 Å². The van der Waals surface area contributed by atoms with Gasteiger partial charge in [-0.25, -0.2) is 14.8 Å². The monoisotopic (exact) mass is 425 g/mol. The van der Waals surface area contributed by atoms with Crippen LogP contribution >= 0.6 is 22.9 Å². The fourth-order valence-corrected chi connectivity index (χ4v) is 3.38. The summed E-state index contributed by atoms with van der Waals surface area (Å²) >= 11 is 7.32. The largest absolute Gasteiger partial charge is 0.475 e. The maximum Gasteiger partial charge on any atom is 0.350 e. The van der Waals surface area contributed by atoms with Crippen molar-refractivity contribution in [2.24, 2.45) is 4.99 Å². The molecule has 1 atom stereocenters. The molecule has 28 heavy (non-hydrogen) atoms. The van der Waals surface area contributed by atoms with E-state index in [1.807, 2.05) is 6.92 Å². The fraction of sp³-hybridized carbons (Fsp3) is 0.444. The second kappa shape index (κ2) is 10.8. The van der Waals surface area contributed by atoms with Gasteiger partial charge in [0.1, 0.15) is 21.5 Å². The third kappa shape index (κ3) is 6.07. The van der Waals surface area contributed by atoms with Crippen molar-refractivity contribution >= 4 is 34.9 Å². The summed E-state index contributed by atoms with van der Waals surface area (Å²) in [5.74, 6) is 0.643. The summed E-state index contributed by atoms with van der Waals surface area (Å²) in [7, 11) is 1.68. The first-order valence-corrected chi connectivity index (χ1v) is 10.0. The van der Waals surface area contributed by atoms with Crippen molar-refractivity contribution < 1.29 is 14.3 Å². The molecule has 2 N–H and O–H groups in total. The maximum atomic E-state index is 12.0. The highest BCUT2D eigenvalue weighted by Gasteiger charge is 2.20. The number of aryl methyl sites for hydroxylation is 1. The van der Waals surface area contributed by atoms with Crippen LogP contribution in [-0.4, -0.2) is 48.7 Å². The highest BCUT2D eigenvalue weighted by atomic mass is 35.5. The zero-order valence-electron chi connectivity index (χ0n) is 16.3. The molecule has 0 fully saturated rings. The smallest absolute Gasteiger partial charge is 0.350 e. The van der Waals surface area contributed by atoms with Gasteiger partial charge in [-0.1, -0.05) is 11.6 Å². The molecule has 0 aliphatic carbocycles. The van der Waals surface area contributed by atoms with Gasteiger partial charge >= 0.3 is 5.97 Å². The quantitative estimate of drug-likeness (QED) is 0.290. The predicted octanol–water partition coefficient (Wildman–Crippen LogP) is 2.98. The lowest BCUT2D eigenvalue weighted by Gasteiger charge is -2.16. The Morgan fingerprint density at radius 2 is 2.25 bits per heavy atom. The van der Waals surface area contributed by atoms with E-state index in [-0.39, 0.29) is 12.0 Å². The number of nitrogens with zero attached hydrogens (tertiary/aromatic N) is 3. The van der Waals surface area contributed by atoms with Gasteiger partial charge < -0.3 is 20.1 Å². The molecule has 152 valence electrons. The van der Waals surface area contributed by atoms with Gasteiger partial charge in [-0.05, 0) is 32.9 Å². The van der Waals surface area contributed by atoms with Gasteiger partial charge in [0.2, 0.25) is 5.88 Å². The summed E-state index contributed by atoms with van der Waals surface area (Å²) in [4.78, 5) is 25.2. The summed E-state index contributed by atoms with van der Waals surface area (Å²) < 4.78 is 10.6. The number of aromatic nitrogens is 2. The first kappa shape index (κ1) is 21.9. The van der Waals surface area contributed by atoms with Crippen molar-refractivity contribution in [3.63, 3.8) is 0 Å². The van der Waals surface area contributed by atoms with Crippen LogP contribution in [0.2, 0.25) is 5.02 Å². The van der Waals surface area contributed by atoms with Crippen LogP contribution in [0.15, 0.2) is 23.3 Å². The molecule has 0 aliphatic heterocycles. The van der Waals surface area contributed by atoms with Crippen molar-refractivity contribution in [3.05, 3.63) is 38.9 Å². The molecule has 0 bridgehead atoms. The van der Waals surface area contributed by atoms with Crippen LogP contribution in [0, 0.1) is 6.92 Å². The van der Waals surface area contributed by atoms with E-state index in [4.69, 9.17) is 21.1 Å². The van der Waals surface area contributed by atoms with Crippen LogP contribution < -0.4 is 15.4 Å². The van der Waals surface area contributed by atoms with E-state index in [0.29, 0.717) is 47.2 Å². The second-order valence-electron chi connectivity index (χ2n) is 5.69. The Bertz CT molecular complexity index is 827. The van der Waals surface area contributed by atoms with Crippen molar-refractivity contribution in [1.82, 2.24) is 20.6 Å². The molecule has 1 unspecified atom stereocenters. The number of esters is 1. The lowest BCUT2D eigenvalue weighted by Crippen LogP contribution is -2.40. The summed E-state index contributed by atoms with van der Waals surface area (Å²) in [5, 5.41) is 7.64. The number of guanidine groups is 1. The minimum Gasteiger partial charge on any atom is -0.475 e. The standard InChI is InChI=1S/C18H24ClN5O3S/c1-5-26-17(25)14-11(2)23-16(28-14)12(3)24-18(20-4)22-9-10-27-15-13(19)7-6-8-21-15/h6-8,12H,5,9-10H2,1-4H3,(H2,20,22,24). The summed E-state index contributed by atoms with van der Waals surface area (Å²) in [6.45, 7) is 6.73. The summed E-state index contributed by atoms with van der Waals surface area (Å²) in [6, 6.07) is 3.33. The van der Waals surface area contributed by atoms with Crippen molar-refractivity contribution in [2.45, 2.75) is 26.8 Å². The van der Waals surface area contributed by atoms with E-state index < -0.39 is 0 Å². The lowest BCUT2D eigenvalue weighted by molar-refractivity contribution is 0.0531. The Hall–Kier alpha value is -2.39. The number of aliphatic imine (C=N–C) groups is 1. The van der Waals surface area contributed by atoms with Crippen LogP contribution in [0.5, 0.6) is 5.88 Å². The molecule has 8 nitrogen and oxygen atoms in total. The SMILES string of the molecule is CCOC(=O)c1sc(C(C)NC(=NC)NCCOc2ncccc2Cl)nc1C. The molecule has 2 heterocycles. The first-order valence-electron chi connectivity index (χ1n) is 8.81. The molecule has 2 aromatic rings. The molecule has 0 aromatic carbocycles. The zero-order valence-corrected chi connectivity index (χ0v) is 17.9. The predicted molar refractivity (Wildman–Crippen MR) is 110 cm³/mol. The van der Waals surface area contributed by atoms with Gasteiger partial charge in [-0.15, -0.1) is 11.3 Å². The van der Waals surface area contributed by atoms with Crippen LogP contribution in [0.4, 0.5) is 0 Å². The highest BCUT2D eigenvalue weighted by Crippen LogP contribution is 2.24. The molecule has 0 spiro atoms. The molecule has 0 aliphatic rings. The molecule has 0 saturated carbocycles. The van der Waals surface area contributed by atoms with Gasteiger partial charge in [-0.3, -0.25) is 4.99 Å². The van der Waals surface area contributed by atoms with Gasteiger partial charge in [0.25, 0.3) is 0 Å². The lowest BCUT2D eigenvalue weighted by atomic mass is 10.3. The first-order chi connectivity index (χ1) is 13.5. The Morgan fingerprint density at radius 3 is 2.93 bits per heavy atom. The fourth-order valence-electron chi connectivity index (χ4n) is 2.24. The number of hydrogen-bond donors (Lipinski definition) is 2. The summed E-state index contributed by atoms with van der Waals surface area (Å²) in [5.41, 5.74) is 0.663. The average Bonchev–Trinajstić information content (AvgIpc) is 3.07. The molecular weight excluding hydrogens is 402 g/mol. The molecule has 2 aromatic heterocycles. The Balaban J connectivity index is 1.86. The van der Waals surface area contributed by atoms with Crippen molar-refractivity contribution in [3.8, 4) is 5.88 Å². The number of halogens is 1. The third-order valence-electron chi connectivity index (χ3n) is 3.58. The maximum absolute atomic E-state index is 12.0. The van der Waals surface area contributed by atoms with Gasteiger partial charge in [-0.2, -0.15) is 0 Å². The topological polar surface area (TPSA) is 97.7 Å². The van der Waals surface area contributed by atoms with Gasteiger partial charge in [0.05, 0.1) is 24.9 Å². The number of ether oxygens (including phenoxy) is 2. The summed E-state index contributed by atoms with van der Waals surface area (Å²) in [6.07, 6.45) is 1.62. The van der Waals surface area contributed by atoms with E-state index in [1.54, 1.807) is 39.2 Å². The van der Waals surface area contributed by atoms with E-state index in [2.05, 4.69) is 25.6 Å². The molecule has 0 saturated heterocycles. The van der Waals surface area contributed by atoms with E-state index >= 15 is 0 Å². The van der Waals surface area contributed by atoms with Crippen LogP contribution in [0.3, 0.4) is 0 Å². The number of nitrogens with one attached hydrogen (secondary N) is 2.